The number of hydrogen-bond acceptors (Lipinski definition) is 3. The fourth-order valence-electron chi connectivity index (χ4n) is 1.63. The Bertz CT molecular complexity index is 454. The molecule has 0 bridgehead atoms. The fraction of sp³-hybridized carbons (Fsp3) is 0.500. The van der Waals surface area contributed by atoms with E-state index >= 15 is 0 Å². The Morgan fingerprint density at radius 3 is 2.83 bits per heavy atom. The Morgan fingerprint density at radius 1 is 1.56 bits per heavy atom. The summed E-state index contributed by atoms with van der Waals surface area (Å²) >= 11 is 1.49. The third-order valence-corrected chi connectivity index (χ3v) is 3.26. The van der Waals surface area contributed by atoms with E-state index < -0.39 is 0 Å². The minimum Gasteiger partial charge on any atom is -0.339 e. The van der Waals surface area contributed by atoms with Gasteiger partial charge in [-0.3, -0.25) is 4.79 Å². The number of thiophene rings is 1. The topological polar surface area (TPSA) is 46.3 Å². The van der Waals surface area contributed by atoms with Crippen LogP contribution in [0.1, 0.15) is 36.0 Å². The predicted octanol–water partition coefficient (Wildman–Crippen LogP) is 2.18. The summed E-state index contributed by atoms with van der Waals surface area (Å²) in [5, 5.41) is 1.87. The van der Waals surface area contributed by atoms with Gasteiger partial charge in [0.25, 0.3) is 5.91 Å². The van der Waals surface area contributed by atoms with Crippen LogP contribution in [0.4, 0.5) is 0 Å². The van der Waals surface area contributed by atoms with Crippen LogP contribution in [0.2, 0.25) is 0 Å². The Kier molecular flexibility index (Phi) is 5.90. The van der Waals surface area contributed by atoms with Crippen LogP contribution in [-0.2, 0) is 0 Å². The van der Waals surface area contributed by atoms with Crippen LogP contribution in [0.25, 0.3) is 0 Å². The number of amides is 1. The Labute approximate surface area is 113 Å². The van der Waals surface area contributed by atoms with Crippen molar-refractivity contribution in [3.05, 3.63) is 21.9 Å². The molecule has 0 saturated heterocycles. The van der Waals surface area contributed by atoms with E-state index in [0.717, 1.165) is 23.5 Å². The summed E-state index contributed by atoms with van der Waals surface area (Å²) in [7, 11) is 0. The lowest BCUT2D eigenvalue weighted by atomic mass is 10.2. The SMILES string of the molecule is CCN(CC(C)C)C(=O)c1csc(C#CCN)c1. The molecule has 1 rings (SSSR count). The molecule has 0 aliphatic heterocycles. The molecule has 1 heterocycles. The Morgan fingerprint density at radius 2 is 2.28 bits per heavy atom. The molecule has 0 aliphatic rings. The van der Waals surface area contributed by atoms with Gasteiger partial charge < -0.3 is 10.6 Å². The summed E-state index contributed by atoms with van der Waals surface area (Å²) in [6.45, 7) is 8.09. The standard InChI is InChI=1S/C14H20N2OS/c1-4-16(9-11(2)3)14(17)12-8-13(18-10-12)6-5-7-15/h8,10-11H,4,7,9,15H2,1-3H3. The molecule has 98 valence electrons. The molecule has 0 aliphatic carbocycles. The lowest BCUT2D eigenvalue weighted by Crippen LogP contribution is -2.33. The molecular weight excluding hydrogens is 244 g/mol. The average Bonchev–Trinajstić information content (AvgIpc) is 2.81. The second-order valence-electron chi connectivity index (χ2n) is 4.44. The maximum absolute atomic E-state index is 12.3. The normalized spacial score (nSPS) is 10.1. The van der Waals surface area contributed by atoms with Crippen LogP contribution >= 0.6 is 11.3 Å². The van der Waals surface area contributed by atoms with Crippen molar-refractivity contribution in [2.24, 2.45) is 11.7 Å². The van der Waals surface area contributed by atoms with E-state index in [4.69, 9.17) is 5.73 Å². The average molecular weight is 264 g/mol. The van der Waals surface area contributed by atoms with E-state index in [2.05, 4.69) is 25.7 Å². The molecule has 1 aromatic rings. The van der Waals surface area contributed by atoms with Crippen LogP contribution in [0.15, 0.2) is 11.4 Å². The quantitative estimate of drug-likeness (QED) is 0.847. The molecule has 0 atom stereocenters. The van der Waals surface area contributed by atoms with Crippen molar-refractivity contribution < 1.29 is 4.79 Å². The molecule has 3 nitrogen and oxygen atoms in total. The summed E-state index contributed by atoms with van der Waals surface area (Å²) in [4.78, 5) is 15.0. The summed E-state index contributed by atoms with van der Waals surface area (Å²) in [6, 6.07) is 1.85. The van der Waals surface area contributed by atoms with Gasteiger partial charge in [-0.2, -0.15) is 0 Å². The molecule has 1 aromatic heterocycles. The molecule has 0 fully saturated rings. The highest BCUT2D eigenvalue weighted by Crippen LogP contribution is 2.16. The Balaban J connectivity index is 2.79. The van der Waals surface area contributed by atoms with Crippen molar-refractivity contribution >= 4 is 17.2 Å². The summed E-state index contributed by atoms with van der Waals surface area (Å²) in [5.74, 6) is 6.31. The number of rotatable bonds is 4. The van der Waals surface area contributed by atoms with Gasteiger partial charge in [-0.1, -0.05) is 25.7 Å². The highest BCUT2D eigenvalue weighted by atomic mass is 32.1. The van der Waals surface area contributed by atoms with Gasteiger partial charge in [-0.15, -0.1) is 11.3 Å². The summed E-state index contributed by atoms with van der Waals surface area (Å²) < 4.78 is 0. The van der Waals surface area contributed by atoms with Crippen LogP contribution in [0, 0.1) is 17.8 Å². The van der Waals surface area contributed by atoms with Gasteiger partial charge in [0.2, 0.25) is 0 Å². The smallest absolute Gasteiger partial charge is 0.254 e. The van der Waals surface area contributed by atoms with E-state index in [1.165, 1.54) is 11.3 Å². The van der Waals surface area contributed by atoms with Crippen molar-refractivity contribution in [2.45, 2.75) is 20.8 Å². The Hall–Kier alpha value is -1.31. The van der Waals surface area contributed by atoms with Gasteiger partial charge >= 0.3 is 0 Å². The largest absolute Gasteiger partial charge is 0.339 e. The van der Waals surface area contributed by atoms with Crippen LogP contribution < -0.4 is 5.73 Å². The number of nitrogens with zero attached hydrogens (tertiary/aromatic N) is 1. The first-order valence-corrected chi connectivity index (χ1v) is 7.03. The van der Waals surface area contributed by atoms with Crippen molar-refractivity contribution in [1.82, 2.24) is 4.90 Å². The second-order valence-corrected chi connectivity index (χ2v) is 5.35. The van der Waals surface area contributed by atoms with Gasteiger partial charge in [-0.25, -0.2) is 0 Å². The molecule has 1 amide bonds. The number of carbonyl (C=O) groups excluding carboxylic acids is 1. The minimum atomic E-state index is 0.0863. The monoisotopic (exact) mass is 264 g/mol. The van der Waals surface area contributed by atoms with Crippen molar-refractivity contribution in [3.63, 3.8) is 0 Å². The molecule has 0 radical (unpaired) electrons. The molecule has 0 saturated carbocycles. The van der Waals surface area contributed by atoms with Crippen molar-refractivity contribution in [3.8, 4) is 11.8 Å². The molecule has 0 spiro atoms. The number of nitrogens with two attached hydrogens (primary N) is 1. The first kappa shape index (κ1) is 14.7. The highest BCUT2D eigenvalue weighted by molar-refractivity contribution is 7.10. The molecule has 4 heteroatoms. The van der Waals surface area contributed by atoms with Crippen molar-refractivity contribution in [2.75, 3.05) is 19.6 Å². The number of hydrogen-bond donors (Lipinski definition) is 1. The maximum atomic E-state index is 12.3. The van der Waals surface area contributed by atoms with E-state index in [9.17, 15) is 4.79 Å². The van der Waals surface area contributed by atoms with Gasteiger partial charge in [-0.05, 0) is 18.9 Å². The first-order chi connectivity index (χ1) is 8.58. The third kappa shape index (κ3) is 4.17. The molecule has 0 unspecified atom stereocenters. The highest BCUT2D eigenvalue weighted by Gasteiger charge is 2.16. The van der Waals surface area contributed by atoms with Gasteiger partial charge in [0.1, 0.15) is 0 Å². The van der Waals surface area contributed by atoms with Crippen LogP contribution in [0.3, 0.4) is 0 Å². The third-order valence-electron chi connectivity index (χ3n) is 2.41. The van der Waals surface area contributed by atoms with Gasteiger partial charge in [0.05, 0.1) is 17.0 Å². The second kappa shape index (κ2) is 7.20. The van der Waals surface area contributed by atoms with Crippen LogP contribution in [-0.4, -0.2) is 30.4 Å². The molecule has 0 aromatic carbocycles. The fourth-order valence-corrected chi connectivity index (χ4v) is 2.38. The summed E-state index contributed by atoms with van der Waals surface area (Å²) in [5.41, 5.74) is 6.05. The van der Waals surface area contributed by atoms with E-state index in [0.29, 0.717) is 12.5 Å². The zero-order valence-electron chi connectivity index (χ0n) is 11.2. The minimum absolute atomic E-state index is 0.0863. The van der Waals surface area contributed by atoms with E-state index in [1.807, 2.05) is 23.3 Å². The first-order valence-electron chi connectivity index (χ1n) is 6.15. The molecule has 2 N–H and O–H groups in total. The molecule has 18 heavy (non-hydrogen) atoms. The summed E-state index contributed by atoms with van der Waals surface area (Å²) in [6.07, 6.45) is 0. The van der Waals surface area contributed by atoms with Gasteiger partial charge in [0.15, 0.2) is 0 Å². The van der Waals surface area contributed by atoms with E-state index in [-0.39, 0.29) is 5.91 Å². The predicted molar refractivity (Wildman–Crippen MR) is 76.7 cm³/mol. The lowest BCUT2D eigenvalue weighted by molar-refractivity contribution is 0.0746. The van der Waals surface area contributed by atoms with Crippen LogP contribution in [0.5, 0.6) is 0 Å². The zero-order valence-corrected chi connectivity index (χ0v) is 12.0. The molecular formula is C14H20N2OS. The number of carbonyl (C=O) groups is 1. The van der Waals surface area contributed by atoms with Gasteiger partial charge in [0, 0.05) is 18.5 Å². The van der Waals surface area contributed by atoms with Crippen molar-refractivity contribution in [1.29, 1.82) is 0 Å². The lowest BCUT2D eigenvalue weighted by Gasteiger charge is -2.22. The van der Waals surface area contributed by atoms with E-state index in [1.54, 1.807) is 0 Å². The zero-order chi connectivity index (χ0) is 13.5. The maximum Gasteiger partial charge on any atom is 0.254 e.